The van der Waals surface area contributed by atoms with Crippen LogP contribution < -0.4 is 10.6 Å². The van der Waals surface area contributed by atoms with Crippen LogP contribution in [0.1, 0.15) is 26.4 Å². The van der Waals surface area contributed by atoms with Gasteiger partial charge in [0.15, 0.2) is 0 Å². The van der Waals surface area contributed by atoms with E-state index in [0.29, 0.717) is 27.8 Å². The van der Waals surface area contributed by atoms with Crippen LogP contribution in [0, 0.1) is 0 Å². The van der Waals surface area contributed by atoms with E-state index >= 15 is 0 Å². The molecule has 2 N–H and O–H groups in total. The summed E-state index contributed by atoms with van der Waals surface area (Å²) in [5, 5.41) is 5.62. The number of anilines is 1. The molecule has 0 atom stereocenters. The van der Waals surface area contributed by atoms with Gasteiger partial charge >= 0.3 is 0 Å². The van der Waals surface area contributed by atoms with Crippen molar-refractivity contribution in [3.8, 4) is 0 Å². The van der Waals surface area contributed by atoms with Gasteiger partial charge in [-0.3, -0.25) is 14.6 Å². The highest BCUT2D eigenvalue weighted by Gasteiger charge is 2.15. The molecule has 0 saturated heterocycles. The fourth-order valence-corrected chi connectivity index (χ4v) is 2.86. The Hall–Kier alpha value is -2.99. The van der Waals surface area contributed by atoms with E-state index in [1.807, 2.05) is 24.3 Å². The minimum Gasteiger partial charge on any atom is -0.346 e. The molecule has 1 heterocycles. The Morgan fingerprint density at radius 1 is 0.846 bits per heavy atom. The SMILES string of the molecule is O=C(Nc1ccccc1C(=O)NCc1ccccn1)c1ccccc1Br. The highest BCUT2D eigenvalue weighted by molar-refractivity contribution is 9.10. The molecule has 0 aliphatic carbocycles. The lowest BCUT2D eigenvalue weighted by Crippen LogP contribution is -2.25. The number of hydrogen-bond acceptors (Lipinski definition) is 3. The van der Waals surface area contributed by atoms with Gasteiger partial charge in [0.2, 0.25) is 0 Å². The van der Waals surface area contributed by atoms with Crippen LogP contribution in [-0.4, -0.2) is 16.8 Å². The topological polar surface area (TPSA) is 71.1 Å². The van der Waals surface area contributed by atoms with E-state index in [9.17, 15) is 9.59 Å². The largest absolute Gasteiger partial charge is 0.346 e. The van der Waals surface area contributed by atoms with Crippen molar-refractivity contribution in [3.05, 3.63) is 94.2 Å². The highest BCUT2D eigenvalue weighted by atomic mass is 79.9. The van der Waals surface area contributed by atoms with Crippen LogP contribution in [0.5, 0.6) is 0 Å². The maximum absolute atomic E-state index is 12.5. The molecule has 6 heteroatoms. The molecule has 0 aliphatic rings. The van der Waals surface area contributed by atoms with Gasteiger partial charge in [-0.05, 0) is 52.3 Å². The third-order valence-electron chi connectivity index (χ3n) is 3.69. The molecular formula is C20H16BrN3O2. The van der Waals surface area contributed by atoms with Crippen molar-refractivity contribution in [2.24, 2.45) is 0 Å². The second-order valence-corrected chi connectivity index (χ2v) is 6.34. The number of halogens is 1. The average molecular weight is 410 g/mol. The Morgan fingerprint density at radius 2 is 1.54 bits per heavy atom. The summed E-state index contributed by atoms with van der Waals surface area (Å²) in [6.45, 7) is 0.312. The number of para-hydroxylation sites is 1. The second kappa shape index (κ2) is 8.40. The van der Waals surface area contributed by atoms with Gasteiger partial charge < -0.3 is 10.6 Å². The van der Waals surface area contributed by atoms with E-state index in [4.69, 9.17) is 0 Å². The Kier molecular flexibility index (Phi) is 5.76. The van der Waals surface area contributed by atoms with Gasteiger partial charge in [0.05, 0.1) is 29.1 Å². The van der Waals surface area contributed by atoms with Crippen molar-refractivity contribution in [2.75, 3.05) is 5.32 Å². The molecule has 0 bridgehead atoms. The monoisotopic (exact) mass is 409 g/mol. The number of nitrogens with zero attached hydrogens (tertiary/aromatic N) is 1. The van der Waals surface area contributed by atoms with Crippen LogP contribution in [0.4, 0.5) is 5.69 Å². The summed E-state index contributed by atoms with van der Waals surface area (Å²) in [5.41, 5.74) is 2.10. The Morgan fingerprint density at radius 3 is 2.27 bits per heavy atom. The predicted octanol–water partition coefficient (Wildman–Crippen LogP) is 4.03. The molecule has 130 valence electrons. The minimum absolute atomic E-state index is 0.279. The minimum atomic E-state index is -0.289. The lowest BCUT2D eigenvalue weighted by atomic mass is 10.1. The van der Waals surface area contributed by atoms with Crippen LogP contribution >= 0.6 is 15.9 Å². The maximum atomic E-state index is 12.5. The first kappa shape index (κ1) is 17.8. The van der Waals surface area contributed by atoms with Crippen LogP contribution in [0.3, 0.4) is 0 Å². The van der Waals surface area contributed by atoms with E-state index in [2.05, 4.69) is 31.5 Å². The molecule has 0 saturated carbocycles. The predicted molar refractivity (Wildman–Crippen MR) is 104 cm³/mol. The first-order chi connectivity index (χ1) is 12.6. The molecule has 1 aromatic heterocycles. The Labute approximate surface area is 159 Å². The van der Waals surface area contributed by atoms with Gasteiger partial charge in [-0.15, -0.1) is 0 Å². The quantitative estimate of drug-likeness (QED) is 0.668. The van der Waals surface area contributed by atoms with Gasteiger partial charge in [-0.2, -0.15) is 0 Å². The molecule has 5 nitrogen and oxygen atoms in total. The molecule has 2 aromatic carbocycles. The van der Waals surface area contributed by atoms with Crippen molar-refractivity contribution >= 4 is 33.4 Å². The van der Waals surface area contributed by atoms with Crippen LogP contribution in [-0.2, 0) is 6.54 Å². The number of aromatic nitrogens is 1. The standard InChI is InChI=1S/C20H16BrN3O2/c21-17-10-3-1-8-15(17)20(26)24-18-11-4-2-9-16(18)19(25)23-13-14-7-5-6-12-22-14/h1-12H,13H2,(H,23,25)(H,24,26). The summed E-state index contributed by atoms with van der Waals surface area (Å²) in [7, 11) is 0. The van der Waals surface area contributed by atoms with Crippen LogP contribution in [0.25, 0.3) is 0 Å². The molecule has 26 heavy (non-hydrogen) atoms. The Bertz CT molecular complexity index is 929. The highest BCUT2D eigenvalue weighted by Crippen LogP contribution is 2.20. The fourth-order valence-electron chi connectivity index (χ4n) is 2.39. The van der Waals surface area contributed by atoms with Crippen molar-refractivity contribution < 1.29 is 9.59 Å². The number of nitrogens with one attached hydrogen (secondary N) is 2. The zero-order valence-corrected chi connectivity index (χ0v) is 15.4. The molecule has 3 rings (SSSR count). The zero-order valence-electron chi connectivity index (χ0n) is 13.8. The van der Waals surface area contributed by atoms with E-state index < -0.39 is 0 Å². The van der Waals surface area contributed by atoms with Crippen molar-refractivity contribution in [3.63, 3.8) is 0 Å². The van der Waals surface area contributed by atoms with Crippen molar-refractivity contribution in [2.45, 2.75) is 6.54 Å². The number of hydrogen-bond donors (Lipinski definition) is 2. The summed E-state index contributed by atoms with van der Waals surface area (Å²) < 4.78 is 0.689. The van der Waals surface area contributed by atoms with E-state index in [0.717, 1.165) is 5.69 Å². The molecule has 0 spiro atoms. The van der Waals surface area contributed by atoms with E-state index in [1.54, 1.807) is 48.7 Å². The fraction of sp³-hybridized carbons (Fsp3) is 0.0500. The van der Waals surface area contributed by atoms with Gasteiger partial charge in [0.1, 0.15) is 0 Å². The summed E-state index contributed by atoms with van der Waals surface area (Å²) in [6.07, 6.45) is 1.67. The third kappa shape index (κ3) is 4.34. The van der Waals surface area contributed by atoms with Gasteiger partial charge in [-0.1, -0.05) is 30.3 Å². The number of pyridine rings is 1. The molecular weight excluding hydrogens is 394 g/mol. The van der Waals surface area contributed by atoms with Crippen LogP contribution in [0.15, 0.2) is 77.4 Å². The lowest BCUT2D eigenvalue weighted by molar-refractivity contribution is 0.0951. The third-order valence-corrected chi connectivity index (χ3v) is 4.39. The lowest BCUT2D eigenvalue weighted by Gasteiger charge is -2.12. The number of benzene rings is 2. The molecule has 0 fully saturated rings. The van der Waals surface area contributed by atoms with Crippen molar-refractivity contribution in [1.29, 1.82) is 0 Å². The second-order valence-electron chi connectivity index (χ2n) is 5.48. The number of carbonyl (C=O) groups excluding carboxylic acids is 2. The van der Waals surface area contributed by atoms with Crippen molar-refractivity contribution in [1.82, 2.24) is 10.3 Å². The van der Waals surface area contributed by atoms with Gasteiger partial charge in [0, 0.05) is 10.7 Å². The Balaban J connectivity index is 1.74. The molecule has 0 aliphatic heterocycles. The number of amides is 2. The first-order valence-corrected chi connectivity index (χ1v) is 8.77. The average Bonchev–Trinajstić information content (AvgIpc) is 2.67. The molecule has 2 amide bonds. The summed E-state index contributed by atoms with van der Waals surface area (Å²) in [4.78, 5) is 29.2. The molecule has 0 radical (unpaired) electrons. The first-order valence-electron chi connectivity index (χ1n) is 7.98. The van der Waals surface area contributed by atoms with E-state index in [1.165, 1.54) is 0 Å². The summed E-state index contributed by atoms with van der Waals surface area (Å²) in [5.74, 6) is -0.568. The maximum Gasteiger partial charge on any atom is 0.256 e. The van der Waals surface area contributed by atoms with Gasteiger partial charge in [-0.25, -0.2) is 0 Å². The molecule has 0 unspecified atom stereocenters. The normalized spacial score (nSPS) is 10.2. The molecule has 3 aromatic rings. The van der Waals surface area contributed by atoms with E-state index in [-0.39, 0.29) is 11.8 Å². The van der Waals surface area contributed by atoms with Crippen LogP contribution in [0.2, 0.25) is 0 Å². The zero-order chi connectivity index (χ0) is 18.4. The van der Waals surface area contributed by atoms with Gasteiger partial charge in [0.25, 0.3) is 11.8 Å². The smallest absolute Gasteiger partial charge is 0.256 e. The number of carbonyl (C=O) groups is 2. The summed E-state index contributed by atoms with van der Waals surface area (Å²) >= 11 is 3.36. The summed E-state index contributed by atoms with van der Waals surface area (Å²) in [6, 6.07) is 19.5. The number of rotatable bonds is 5.